The average Bonchev–Trinajstić information content (AvgIpc) is 3.16. The number of methoxy groups -OCH3 is 1. The number of ether oxygens (including phenoxy) is 1. The van der Waals surface area contributed by atoms with Crippen molar-refractivity contribution in [2.75, 3.05) is 38.2 Å². The van der Waals surface area contributed by atoms with Crippen LogP contribution in [0.3, 0.4) is 0 Å². The summed E-state index contributed by atoms with van der Waals surface area (Å²) in [5, 5.41) is 4.52. The lowest BCUT2D eigenvalue weighted by Gasteiger charge is -2.30. The number of aromatic nitrogens is 1. The molecule has 3 aromatic carbocycles. The smallest absolute Gasteiger partial charge is 0.126 e. The summed E-state index contributed by atoms with van der Waals surface area (Å²) in [6, 6.07) is 17.8. The quantitative estimate of drug-likeness (QED) is 0.455. The fourth-order valence-corrected chi connectivity index (χ4v) is 4.74. The Morgan fingerprint density at radius 1 is 0.970 bits per heavy atom. The molecule has 0 atom stereocenters. The third-order valence-electron chi connectivity index (χ3n) is 6.50. The summed E-state index contributed by atoms with van der Waals surface area (Å²) >= 11 is 0. The molecule has 0 bridgehead atoms. The summed E-state index contributed by atoms with van der Waals surface area (Å²) in [5.74, 6) is 0.267. The minimum Gasteiger partial charge on any atom is -0.497 e. The monoisotopic (exact) mass is 447 g/mol. The molecule has 0 aliphatic carbocycles. The molecule has 0 spiro atoms. The second-order valence-electron chi connectivity index (χ2n) is 8.43. The maximum absolute atomic E-state index is 14.4. The molecule has 2 heterocycles. The molecule has 4 nitrogen and oxygen atoms in total. The minimum atomic E-state index is -0.280. The predicted molar refractivity (Wildman–Crippen MR) is 129 cm³/mol. The van der Waals surface area contributed by atoms with Crippen LogP contribution in [0.15, 0.2) is 60.7 Å². The number of piperazine rings is 1. The number of halogens is 2. The van der Waals surface area contributed by atoms with Crippen molar-refractivity contribution in [1.29, 1.82) is 0 Å². The van der Waals surface area contributed by atoms with Gasteiger partial charge >= 0.3 is 0 Å². The number of nitrogens with one attached hydrogen (secondary N) is 1. The number of rotatable bonds is 5. The van der Waals surface area contributed by atoms with Crippen LogP contribution < -0.4 is 15.0 Å². The Morgan fingerprint density at radius 3 is 2.45 bits per heavy atom. The molecule has 1 fully saturated rings. The molecule has 0 radical (unpaired) electrons. The second-order valence-corrected chi connectivity index (χ2v) is 8.43. The molecule has 4 aromatic rings. The van der Waals surface area contributed by atoms with E-state index in [4.69, 9.17) is 4.74 Å². The molecular weight excluding hydrogens is 420 g/mol. The molecule has 6 heteroatoms. The summed E-state index contributed by atoms with van der Waals surface area (Å²) in [6.07, 6.45) is 0.553. The lowest BCUT2D eigenvalue weighted by Crippen LogP contribution is -2.43. The maximum atomic E-state index is 14.4. The summed E-state index contributed by atoms with van der Waals surface area (Å²) in [6.45, 7) is 5.38. The number of benzene rings is 3. The topological polar surface area (TPSA) is 29.4 Å². The van der Waals surface area contributed by atoms with Gasteiger partial charge in [-0.05, 0) is 60.5 Å². The standard InChI is InChI=1S/C27H27F2N3O/c1-18-19(4-3-5-24(18)29)16-26-27(31-14-12-30-13-15-31)23-11-10-22(33-2)17-25(23)32(26)21-8-6-20(28)7-9-21/h3-11,17,30H,12-16H2,1-2H3. The van der Waals surface area contributed by atoms with E-state index in [-0.39, 0.29) is 11.6 Å². The van der Waals surface area contributed by atoms with E-state index in [0.717, 1.165) is 65.5 Å². The highest BCUT2D eigenvalue weighted by Crippen LogP contribution is 2.40. The van der Waals surface area contributed by atoms with Gasteiger partial charge in [0.2, 0.25) is 0 Å². The first-order valence-electron chi connectivity index (χ1n) is 11.2. The summed E-state index contributed by atoms with van der Waals surface area (Å²) in [4.78, 5) is 2.40. The number of hydrogen-bond donors (Lipinski definition) is 1. The lowest BCUT2D eigenvalue weighted by molar-refractivity contribution is 0.415. The number of nitrogens with zero attached hydrogens (tertiary/aromatic N) is 2. The van der Waals surface area contributed by atoms with Crippen LogP contribution in [-0.4, -0.2) is 37.9 Å². The van der Waals surface area contributed by atoms with E-state index in [1.165, 1.54) is 18.2 Å². The van der Waals surface area contributed by atoms with Gasteiger partial charge in [-0.1, -0.05) is 12.1 Å². The molecule has 1 aliphatic rings. The molecule has 0 saturated carbocycles. The van der Waals surface area contributed by atoms with E-state index in [2.05, 4.69) is 20.9 Å². The van der Waals surface area contributed by atoms with Crippen LogP contribution in [0.5, 0.6) is 5.75 Å². The van der Waals surface area contributed by atoms with Crippen molar-refractivity contribution in [2.24, 2.45) is 0 Å². The Kier molecular flexibility index (Phi) is 5.77. The van der Waals surface area contributed by atoms with E-state index >= 15 is 0 Å². The van der Waals surface area contributed by atoms with Crippen LogP contribution in [-0.2, 0) is 6.42 Å². The fraction of sp³-hybridized carbons (Fsp3) is 0.259. The van der Waals surface area contributed by atoms with Crippen LogP contribution in [0, 0.1) is 18.6 Å². The molecule has 1 N–H and O–H groups in total. The van der Waals surface area contributed by atoms with Gasteiger partial charge in [0.25, 0.3) is 0 Å². The molecule has 5 rings (SSSR count). The molecule has 1 aliphatic heterocycles. The average molecular weight is 448 g/mol. The van der Waals surface area contributed by atoms with Crippen LogP contribution in [0.2, 0.25) is 0 Å². The minimum absolute atomic E-state index is 0.206. The molecule has 1 aromatic heterocycles. The van der Waals surface area contributed by atoms with Gasteiger partial charge in [-0.3, -0.25) is 0 Å². The van der Waals surface area contributed by atoms with E-state index in [9.17, 15) is 8.78 Å². The molecular formula is C27H27F2N3O. The highest BCUT2D eigenvalue weighted by molar-refractivity contribution is 5.98. The fourth-order valence-electron chi connectivity index (χ4n) is 4.74. The zero-order valence-corrected chi connectivity index (χ0v) is 18.9. The van der Waals surface area contributed by atoms with Gasteiger partial charge in [0.15, 0.2) is 0 Å². The van der Waals surface area contributed by atoms with E-state index < -0.39 is 0 Å². The predicted octanol–water partition coefficient (Wildman–Crippen LogP) is 5.23. The van der Waals surface area contributed by atoms with Crippen molar-refractivity contribution >= 4 is 16.6 Å². The van der Waals surface area contributed by atoms with Crippen LogP contribution in [0.25, 0.3) is 16.6 Å². The summed E-state index contributed by atoms with van der Waals surface area (Å²) in [7, 11) is 1.65. The summed E-state index contributed by atoms with van der Waals surface area (Å²) in [5.41, 5.74) is 5.63. The highest BCUT2D eigenvalue weighted by atomic mass is 19.1. The Hall–Kier alpha value is -3.38. The Balaban J connectivity index is 1.81. The SMILES string of the molecule is COc1ccc2c(N3CCNCC3)c(Cc3cccc(F)c3C)n(-c3ccc(F)cc3)c2c1. The van der Waals surface area contributed by atoms with Gasteiger partial charge in [-0.15, -0.1) is 0 Å². The first kappa shape index (κ1) is 21.5. The largest absolute Gasteiger partial charge is 0.497 e. The van der Waals surface area contributed by atoms with Gasteiger partial charge in [0.05, 0.1) is 24.0 Å². The van der Waals surface area contributed by atoms with Crippen LogP contribution >= 0.6 is 0 Å². The van der Waals surface area contributed by atoms with Gasteiger partial charge in [0.1, 0.15) is 17.4 Å². The second kappa shape index (κ2) is 8.87. The Morgan fingerprint density at radius 2 is 1.73 bits per heavy atom. The molecule has 0 unspecified atom stereocenters. The molecule has 170 valence electrons. The number of anilines is 1. The first-order chi connectivity index (χ1) is 16.1. The van der Waals surface area contributed by atoms with E-state index in [1.54, 1.807) is 25.3 Å². The van der Waals surface area contributed by atoms with Crippen molar-refractivity contribution in [3.05, 3.63) is 89.1 Å². The van der Waals surface area contributed by atoms with Crippen molar-refractivity contribution in [3.63, 3.8) is 0 Å². The van der Waals surface area contributed by atoms with E-state index in [0.29, 0.717) is 12.0 Å². The molecule has 33 heavy (non-hydrogen) atoms. The van der Waals surface area contributed by atoms with Gasteiger partial charge in [0, 0.05) is 49.7 Å². The Bertz CT molecular complexity index is 1290. The first-order valence-corrected chi connectivity index (χ1v) is 11.2. The van der Waals surface area contributed by atoms with E-state index in [1.807, 2.05) is 25.1 Å². The van der Waals surface area contributed by atoms with Gasteiger partial charge in [-0.25, -0.2) is 8.78 Å². The van der Waals surface area contributed by atoms with Crippen molar-refractivity contribution in [3.8, 4) is 11.4 Å². The molecule has 0 amide bonds. The normalized spacial score (nSPS) is 14.1. The maximum Gasteiger partial charge on any atom is 0.126 e. The lowest BCUT2D eigenvalue weighted by atomic mass is 10.0. The third kappa shape index (κ3) is 3.95. The highest BCUT2D eigenvalue weighted by Gasteiger charge is 2.25. The third-order valence-corrected chi connectivity index (χ3v) is 6.50. The summed E-state index contributed by atoms with van der Waals surface area (Å²) < 4.78 is 35.9. The number of hydrogen-bond acceptors (Lipinski definition) is 3. The van der Waals surface area contributed by atoms with Gasteiger partial charge in [-0.2, -0.15) is 0 Å². The number of fused-ring (bicyclic) bond motifs is 1. The van der Waals surface area contributed by atoms with Crippen molar-refractivity contribution < 1.29 is 13.5 Å². The molecule has 1 saturated heterocycles. The Labute approximate surface area is 192 Å². The zero-order chi connectivity index (χ0) is 22.9. The van der Waals surface area contributed by atoms with Crippen molar-refractivity contribution in [1.82, 2.24) is 9.88 Å². The van der Waals surface area contributed by atoms with Crippen LogP contribution in [0.4, 0.5) is 14.5 Å². The zero-order valence-electron chi connectivity index (χ0n) is 18.9. The van der Waals surface area contributed by atoms with Crippen molar-refractivity contribution in [2.45, 2.75) is 13.3 Å². The van der Waals surface area contributed by atoms with Gasteiger partial charge < -0.3 is 19.5 Å². The van der Waals surface area contributed by atoms with Crippen LogP contribution in [0.1, 0.15) is 16.8 Å².